The van der Waals surface area contributed by atoms with Gasteiger partial charge in [0.2, 0.25) is 15.9 Å². The smallest absolute Gasteiger partial charge is 0.243 e. The highest BCUT2D eigenvalue weighted by Gasteiger charge is 2.39. The minimum absolute atomic E-state index is 0.0561. The maximum atomic E-state index is 13.1. The van der Waals surface area contributed by atoms with Crippen molar-refractivity contribution in [1.82, 2.24) is 4.31 Å². The van der Waals surface area contributed by atoms with Gasteiger partial charge in [-0.1, -0.05) is 29.3 Å². The summed E-state index contributed by atoms with van der Waals surface area (Å²) in [5, 5.41) is 3.11. The van der Waals surface area contributed by atoms with Gasteiger partial charge in [-0.05, 0) is 49.2 Å². The molecule has 1 aliphatic rings. The number of nitrogens with zero attached hydrogens (tertiary/aromatic N) is 1. The molecule has 2 aromatic rings. The van der Waals surface area contributed by atoms with E-state index in [2.05, 4.69) is 5.32 Å². The Morgan fingerprint density at radius 1 is 1.15 bits per heavy atom. The lowest BCUT2D eigenvalue weighted by Gasteiger charge is -2.23. The fraction of sp³-hybridized carbons (Fsp3) is 0.235. The van der Waals surface area contributed by atoms with E-state index in [-0.39, 0.29) is 21.5 Å². The summed E-state index contributed by atoms with van der Waals surface area (Å²) in [5.74, 6) is -1.02. The van der Waals surface area contributed by atoms with Gasteiger partial charge in [0.15, 0.2) is 0 Å². The van der Waals surface area contributed by atoms with Gasteiger partial charge in [-0.3, -0.25) is 4.79 Å². The van der Waals surface area contributed by atoms with Crippen LogP contribution in [0.25, 0.3) is 0 Å². The number of sulfonamides is 1. The Balaban J connectivity index is 1.84. The Morgan fingerprint density at radius 3 is 2.54 bits per heavy atom. The van der Waals surface area contributed by atoms with Crippen LogP contribution in [-0.2, 0) is 14.8 Å². The summed E-state index contributed by atoms with van der Waals surface area (Å²) in [7, 11) is -3.91. The van der Waals surface area contributed by atoms with Crippen molar-refractivity contribution in [3.8, 4) is 0 Å². The molecule has 0 aliphatic carbocycles. The van der Waals surface area contributed by atoms with Gasteiger partial charge < -0.3 is 5.32 Å². The SMILES string of the molecule is O=C(Nc1cccc(Cl)c1Cl)C1CCCN1S(=O)(=O)c1ccc(F)cc1. The van der Waals surface area contributed by atoms with Crippen LogP contribution in [0.5, 0.6) is 0 Å². The van der Waals surface area contributed by atoms with Crippen molar-refractivity contribution >= 4 is 44.8 Å². The number of carbonyl (C=O) groups excluding carboxylic acids is 1. The summed E-state index contributed by atoms with van der Waals surface area (Å²) in [5.41, 5.74) is 0.315. The van der Waals surface area contributed by atoms with Crippen molar-refractivity contribution in [2.45, 2.75) is 23.8 Å². The molecule has 9 heteroatoms. The van der Waals surface area contributed by atoms with Gasteiger partial charge in [0.05, 0.1) is 20.6 Å². The normalized spacial score (nSPS) is 18.0. The van der Waals surface area contributed by atoms with Crippen LogP contribution < -0.4 is 5.32 Å². The lowest BCUT2D eigenvalue weighted by Crippen LogP contribution is -2.43. The maximum absolute atomic E-state index is 13.1. The predicted octanol–water partition coefficient (Wildman–Crippen LogP) is 3.92. The van der Waals surface area contributed by atoms with Crippen LogP contribution in [0.1, 0.15) is 12.8 Å². The molecule has 5 nitrogen and oxygen atoms in total. The number of nitrogens with one attached hydrogen (secondary N) is 1. The van der Waals surface area contributed by atoms with Crippen LogP contribution >= 0.6 is 23.2 Å². The van der Waals surface area contributed by atoms with E-state index in [9.17, 15) is 17.6 Å². The molecule has 0 aromatic heterocycles. The Kier molecular flexibility index (Phi) is 5.53. The van der Waals surface area contributed by atoms with E-state index in [4.69, 9.17) is 23.2 Å². The molecule has 1 saturated heterocycles. The molecule has 1 N–H and O–H groups in total. The highest BCUT2D eigenvalue weighted by molar-refractivity contribution is 7.89. The van der Waals surface area contributed by atoms with Gasteiger partial charge in [0, 0.05) is 6.54 Å². The zero-order valence-corrected chi connectivity index (χ0v) is 15.8. The third kappa shape index (κ3) is 3.71. The average molecular weight is 417 g/mol. The fourth-order valence-electron chi connectivity index (χ4n) is 2.85. The average Bonchev–Trinajstić information content (AvgIpc) is 3.10. The van der Waals surface area contributed by atoms with Crippen LogP contribution in [0.4, 0.5) is 10.1 Å². The van der Waals surface area contributed by atoms with Crippen molar-refractivity contribution in [1.29, 1.82) is 0 Å². The summed E-state index contributed by atoms with van der Waals surface area (Å²) in [6.45, 7) is 0.209. The Morgan fingerprint density at radius 2 is 1.85 bits per heavy atom. The molecule has 1 amide bonds. The van der Waals surface area contributed by atoms with Crippen LogP contribution in [0, 0.1) is 5.82 Å². The van der Waals surface area contributed by atoms with Gasteiger partial charge in [0.1, 0.15) is 11.9 Å². The van der Waals surface area contributed by atoms with Crippen molar-refractivity contribution in [3.63, 3.8) is 0 Å². The van der Waals surface area contributed by atoms with Gasteiger partial charge in [-0.25, -0.2) is 12.8 Å². The van der Waals surface area contributed by atoms with Crippen LogP contribution in [0.15, 0.2) is 47.4 Å². The first-order valence-electron chi connectivity index (χ1n) is 7.83. The van der Waals surface area contributed by atoms with Crippen molar-refractivity contribution < 1.29 is 17.6 Å². The first-order valence-corrected chi connectivity index (χ1v) is 10.0. The van der Waals surface area contributed by atoms with Gasteiger partial charge in [-0.15, -0.1) is 0 Å². The Hall–Kier alpha value is -1.67. The summed E-state index contributed by atoms with van der Waals surface area (Å²) >= 11 is 12.0. The Bertz CT molecular complexity index is 936. The minimum Gasteiger partial charge on any atom is -0.323 e. The van der Waals surface area contributed by atoms with Crippen molar-refractivity contribution in [2.75, 3.05) is 11.9 Å². The van der Waals surface area contributed by atoms with E-state index in [0.29, 0.717) is 18.5 Å². The number of amides is 1. The number of carbonyl (C=O) groups is 1. The molecular formula is C17H15Cl2FN2O3S. The molecule has 3 rings (SSSR count). The monoisotopic (exact) mass is 416 g/mol. The first kappa shape index (κ1) is 19.1. The lowest BCUT2D eigenvalue weighted by atomic mass is 10.2. The molecular weight excluding hydrogens is 402 g/mol. The topological polar surface area (TPSA) is 66.5 Å². The number of halogens is 3. The van der Waals surface area contributed by atoms with E-state index >= 15 is 0 Å². The molecule has 26 heavy (non-hydrogen) atoms. The maximum Gasteiger partial charge on any atom is 0.243 e. The standard InChI is InChI=1S/C17H15Cl2FN2O3S/c18-13-3-1-4-14(16(13)19)21-17(23)15-5-2-10-22(15)26(24,25)12-8-6-11(20)7-9-12/h1,3-4,6-9,15H,2,5,10H2,(H,21,23). The van der Waals surface area contributed by atoms with E-state index in [0.717, 1.165) is 16.4 Å². The zero-order valence-electron chi connectivity index (χ0n) is 13.5. The fourth-order valence-corrected chi connectivity index (χ4v) is 4.85. The zero-order chi connectivity index (χ0) is 18.9. The molecule has 138 valence electrons. The van der Waals surface area contributed by atoms with Crippen LogP contribution in [0.2, 0.25) is 10.0 Å². The number of rotatable bonds is 4. The second-order valence-electron chi connectivity index (χ2n) is 5.82. The molecule has 1 heterocycles. The molecule has 2 aromatic carbocycles. The van der Waals surface area contributed by atoms with Crippen LogP contribution in [-0.4, -0.2) is 31.2 Å². The third-order valence-electron chi connectivity index (χ3n) is 4.14. The molecule has 1 fully saturated rings. The number of hydrogen-bond donors (Lipinski definition) is 1. The summed E-state index contributed by atoms with van der Waals surface area (Å²) < 4.78 is 39.8. The number of benzene rings is 2. The number of anilines is 1. The van der Waals surface area contributed by atoms with Gasteiger partial charge >= 0.3 is 0 Å². The van der Waals surface area contributed by atoms with E-state index in [1.54, 1.807) is 18.2 Å². The van der Waals surface area contributed by atoms with E-state index < -0.39 is 27.8 Å². The minimum atomic E-state index is -3.91. The third-order valence-corrected chi connectivity index (χ3v) is 6.88. The molecule has 0 saturated carbocycles. The largest absolute Gasteiger partial charge is 0.323 e. The summed E-state index contributed by atoms with van der Waals surface area (Å²) in [4.78, 5) is 12.6. The molecule has 1 aliphatic heterocycles. The Labute approximate surface area is 160 Å². The highest BCUT2D eigenvalue weighted by atomic mass is 35.5. The van der Waals surface area contributed by atoms with Crippen LogP contribution in [0.3, 0.4) is 0 Å². The highest BCUT2D eigenvalue weighted by Crippen LogP contribution is 2.31. The first-order chi connectivity index (χ1) is 12.3. The van der Waals surface area contributed by atoms with Gasteiger partial charge in [-0.2, -0.15) is 4.31 Å². The van der Waals surface area contributed by atoms with E-state index in [1.165, 1.54) is 12.1 Å². The quantitative estimate of drug-likeness (QED) is 0.820. The second kappa shape index (κ2) is 7.52. The number of hydrogen-bond acceptors (Lipinski definition) is 3. The molecule has 0 bridgehead atoms. The van der Waals surface area contributed by atoms with Crippen molar-refractivity contribution in [3.05, 3.63) is 58.3 Å². The molecule has 0 spiro atoms. The van der Waals surface area contributed by atoms with Gasteiger partial charge in [0.25, 0.3) is 0 Å². The molecule has 1 unspecified atom stereocenters. The van der Waals surface area contributed by atoms with Crippen molar-refractivity contribution in [2.24, 2.45) is 0 Å². The summed E-state index contributed by atoms with van der Waals surface area (Å²) in [6.07, 6.45) is 0.923. The van der Waals surface area contributed by atoms with E-state index in [1.807, 2.05) is 0 Å². The summed E-state index contributed by atoms with van der Waals surface area (Å²) in [6, 6.07) is 8.44. The predicted molar refractivity (Wildman–Crippen MR) is 98.4 cm³/mol. The second-order valence-corrected chi connectivity index (χ2v) is 8.49. The lowest BCUT2D eigenvalue weighted by molar-refractivity contribution is -0.119. The molecule has 1 atom stereocenters. The molecule has 0 radical (unpaired) electrons.